The summed E-state index contributed by atoms with van der Waals surface area (Å²) in [7, 11) is 1.30. The number of carbonyl (C=O) groups excluding carboxylic acids is 1. The highest BCUT2D eigenvalue weighted by Crippen LogP contribution is 2.33. The summed E-state index contributed by atoms with van der Waals surface area (Å²) in [5.74, 6) is -0.443. The van der Waals surface area contributed by atoms with E-state index in [4.69, 9.17) is 0 Å². The monoisotopic (exact) mass is 276 g/mol. The summed E-state index contributed by atoms with van der Waals surface area (Å²) < 4.78 is 30.7. The molecular formula is C16H14F2O2. The maximum absolute atomic E-state index is 13.0. The lowest BCUT2D eigenvalue weighted by molar-refractivity contribution is 0.0600. The first-order chi connectivity index (χ1) is 9.54. The van der Waals surface area contributed by atoms with Gasteiger partial charge in [-0.3, -0.25) is 0 Å². The fourth-order valence-corrected chi connectivity index (χ4v) is 2.14. The van der Waals surface area contributed by atoms with Gasteiger partial charge in [0.05, 0.1) is 12.7 Å². The summed E-state index contributed by atoms with van der Waals surface area (Å²) in [4.78, 5) is 11.4. The summed E-state index contributed by atoms with van der Waals surface area (Å²) in [6.07, 6.45) is -2.54. The molecule has 0 bridgehead atoms. The molecule has 0 spiro atoms. The normalized spacial score (nSPS) is 10.7. The van der Waals surface area contributed by atoms with E-state index >= 15 is 0 Å². The van der Waals surface area contributed by atoms with E-state index in [1.807, 2.05) is 0 Å². The van der Waals surface area contributed by atoms with Crippen LogP contribution < -0.4 is 0 Å². The maximum Gasteiger partial charge on any atom is 0.337 e. The summed E-state index contributed by atoms with van der Waals surface area (Å²) >= 11 is 0. The van der Waals surface area contributed by atoms with E-state index in [2.05, 4.69) is 4.74 Å². The zero-order chi connectivity index (χ0) is 14.7. The first-order valence-electron chi connectivity index (χ1n) is 6.11. The first-order valence-corrected chi connectivity index (χ1v) is 6.11. The Balaban J connectivity index is 2.52. The van der Waals surface area contributed by atoms with Gasteiger partial charge in [0.15, 0.2) is 0 Å². The van der Waals surface area contributed by atoms with Crippen LogP contribution >= 0.6 is 0 Å². The van der Waals surface area contributed by atoms with Crippen molar-refractivity contribution in [3.8, 4) is 11.1 Å². The predicted octanol–water partition coefficient (Wildman–Crippen LogP) is 4.39. The van der Waals surface area contributed by atoms with Crippen LogP contribution in [0.1, 0.15) is 27.9 Å². The number of aryl methyl sites for hydroxylation is 1. The predicted molar refractivity (Wildman–Crippen MR) is 72.9 cm³/mol. The molecule has 2 aromatic rings. The van der Waals surface area contributed by atoms with E-state index in [0.29, 0.717) is 16.7 Å². The third-order valence-corrected chi connectivity index (χ3v) is 3.13. The molecule has 2 rings (SSSR count). The molecule has 4 heteroatoms. The van der Waals surface area contributed by atoms with Crippen LogP contribution in [0.4, 0.5) is 8.78 Å². The number of esters is 1. The van der Waals surface area contributed by atoms with Crippen molar-refractivity contribution < 1.29 is 18.3 Å². The third kappa shape index (κ3) is 2.69. The molecule has 2 nitrogen and oxygen atoms in total. The molecule has 0 heterocycles. The van der Waals surface area contributed by atoms with Crippen molar-refractivity contribution in [1.29, 1.82) is 0 Å². The Morgan fingerprint density at radius 2 is 1.80 bits per heavy atom. The van der Waals surface area contributed by atoms with Crippen molar-refractivity contribution >= 4 is 5.97 Å². The minimum atomic E-state index is -2.54. The molecule has 0 unspecified atom stereocenters. The lowest BCUT2D eigenvalue weighted by Crippen LogP contribution is -2.02. The van der Waals surface area contributed by atoms with Crippen molar-refractivity contribution in [3.05, 3.63) is 59.2 Å². The molecule has 0 aliphatic carbocycles. The van der Waals surface area contributed by atoms with E-state index in [-0.39, 0.29) is 5.56 Å². The Kier molecular flexibility index (Phi) is 4.13. The van der Waals surface area contributed by atoms with Crippen molar-refractivity contribution in [3.63, 3.8) is 0 Å². The Hall–Kier alpha value is -2.23. The average Bonchev–Trinajstić information content (AvgIpc) is 2.46. The van der Waals surface area contributed by atoms with Crippen LogP contribution in [-0.4, -0.2) is 13.1 Å². The van der Waals surface area contributed by atoms with Crippen LogP contribution in [-0.2, 0) is 4.74 Å². The molecule has 0 atom stereocenters. The summed E-state index contributed by atoms with van der Waals surface area (Å²) in [6, 6.07) is 11.3. The second kappa shape index (κ2) is 5.82. The van der Waals surface area contributed by atoms with Gasteiger partial charge in [-0.25, -0.2) is 13.6 Å². The molecule has 0 aromatic heterocycles. The van der Waals surface area contributed by atoms with Crippen LogP contribution in [0.3, 0.4) is 0 Å². The van der Waals surface area contributed by atoms with Gasteiger partial charge in [0, 0.05) is 5.56 Å². The Morgan fingerprint density at radius 3 is 2.40 bits per heavy atom. The molecule has 20 heavy (non-hydrogen) atoms. The van der Waals surface area contributed by atoms with Gasteiger partial charge in [0.1, 0.15) is 0 Å². The second-order valence-electron chi connectivity index (χ2n) is 4.41. The fourth-order valence-electron chi connectivity index (χ4n) is 2.14. The number of hydrogen-bond acceptors (Lipinski definition) is 2. The molecule has 0 radical (unpaired) electrons. The minimum Gasteiger partial charge on any atom is -0.465 e. The summed E-state index contributed by atoms with van der Waals surface area (Å²) in [6.45, 7) is 1.78. The van der Waals surface area contributed by atoms with E-state index in [0.717, 1.165) is 5.56 Å². The van der Waals surface area contributed by atoms with Crippen molar-refractivity contribution in [1.82, 2.24) is 0 Å². The van der Waals surface area contributed by atoms with Gasteiger partial charge in [-0.2, -0.15) is 0 Å². The van der Waals surface area contributed by atoms with Crippen LogP contribution in [0.15, 0.2) is 42.5 Å². The van der Waals surface area contributed by atoms with Gasteiger partial charge in [-0.05, 0) is 35.7 Å². The zero-order valence-electron chi connectivity index (χ0n) is 11.2. The van der Waals surface area contributed by atoms with E-state index in [1.54, 1.807) is 43.3 Å². The number of methoxy groups -OCH3 is 1. The SMILES string of the molecule is COC(=O)c1ccc(-c2ccccc2C(F)F)c(C)c1. The zero-order valence-corrected chi connectivity index (χ0v) is 11.2. The summed E-state index contributed by atoms with van der Waals surface area (Å²) in [5.41, 5.74) is 2.32. The van der Waals surface area contributed by atoms with Crippen LogP contribution in [0.25, 0.3) is 11.1 Å². The topological polar surface area (TPSA) is 26.3 Å². The number of hydrogen-bond donors (Lipinski definition) is 0. The number of rotatable bonds is 3. The molecule has 0 saturated carbocycles. The van der Waals surface area contributed by atoms with Crippen molar-refractivity contribution in [2.75, 3.05) is 7.11 Å². The van der Waals surface area contributed by atoms with Crippen molar-refractivity contribution in [2.24, 2.45) is 0 Å². The highest BCUT2D eigenvalue weighted by Gasteiger charge is 2.15. The van der Waals surface area contributed by atoms with Gasteiger partial charge < -0.3 is 4.74 Å². The number of carbonyl (C=O) groups is 1. The largest absolute Gasteiger partial charge is 0.465 e. The average molecular weight is 276 g/mol. The van der Waals surface area contributed by atoms with E-state index < -0.39 is 12.4 Å². The number of alkyl halides is 2. The van der Waals surface area contributed by atoms with Crippen LogP contribution in [0.2, 0.25) is 0 Å². The lowest BCUT2D eigenvalue weighted by atomic mass is 9.95. The number of benzene rings is 2. The Bertz CT molecular complexity index is 636. The standard InChI is InChI=1S/C16H14F2O2/c1-10-9-11(16(19)20-2)7-8-12(10)13-5-3-4-6-14(13)15(17)18/h3-9,15H,1-2H3. The van der Waals surface area contributed by atoms with Gasteiger partial charge in [0.2, 0.25) is 0 Å². The molecule has 0 fully saturated rings. The molecule has 0 N–H and O–H groups in total. The first kappa shape index (κ1) is 14.2. The molecule has 0 aliphatic heterocycles. The molecule has 0 amide bonds. The smallest absolute Gasteiger partial charge is 0.337 e. The van der Waals surface area contributed by atoms with E-state index in [9.17, 15) is 13.6 Å². The minimum absolute atomic E-state index is 0.0126. The molecule has 2 aromatic carbocycles. The molecule has 0 saturated heterocycles. The van der Waals surface area contributed by atoms with Gasteiger partial charge >= 0.3 is 5.97 Å². The van der Waals surface area contributed by atoms with Crippen LogP contribution in [0, 0.1) is 6.92 Å². The molecule has 0 aliphatic rings. The second-order valence-corrected chi connectivity index (χ2v) is 4.41. The van der Waals surface area contributed by atoms with Gasteiger partial charge in [-0.15, -0.1) is 0 Å². The highest BCUT2D eigenvalue weighted by atomic mass is 19.3. The lowest BCUT2D eigenvalue weighted by Gasteiger charge is -2.12. The van der Waals surface area contributed by atoms with Gasteiger partial charge in [-0.1, -0.05) is 30.3 Å². The Labute approximate surface area is 116 Å². The van der Waals surface area contributed by atoms with Gasteiger partial charge in [0.25, 0.3) is 6.43 Å². The molecule has 104 valence electrons. The van der Waals surface area contributed by atoms with Crippen molar-refractivity contribution in [2.45, 2.75) is 13.3 Å². The summed E-state index contributed by atoms with van der Waals surface area (Å²) in [5, 5.41) is 0. The molecular weight excluding hydrogens is 262 g/mol. The number of halogens is 2. The maximum atomic E-state index is 13.0. The Morgan fingerprint density at radius 1 is 1.10 bits per heavy atom. The van der Waals surface area contributed by atoms with Crippen LogP contribution in [0.5, 0.6) is 0 Å². The third-order valence-electron chi connectivity index (χ3n) is 3.13. The number of ether oxygens (including phenoxy) is 1. The fraction of sp³-hybridized carbons (Fsp3) is 0.188. The van der Waals surface area contributed by atoms with E-state index in [1.165, 1.54) is 13.2 Å². The quantitative estimate of drug-likeness (QED) is 0.777. The highest BCUT2D eigenvalue weighted by molar-refractivity contribution is 5.90.